The lowest BCUT2D eigenvalue weighted by molar-refractivity contribution is -0.137. The summed E-state index contributed by atoms with van der Waals surface area (Å²) >= 11 is 3.33. The summed E-state index contributed by atoms with van der Waals surface area (Å²) < 4.78 is 2.54. The lowest BCUT2D eigenvalue weighted by Crippen LogP contribution is -2.30. The molecule has 116 valence electrons. The maximum Gasteiger partial charge on any atom is 0.303 e. The average Bonchev–Trinajstić information content (AvgIpc) is 2.83. The summed E-state index contributed by atoms with van der Waals surface area (Å²) in [4.78, 5) is 23.2. The minimum Gasteiger partial charge on any atom is -0.481 e. The van der Waals surface area contributed by atoms with Crippen LogP contribution in [0.4, 0.5) is 0 Å². The fourth-order valence-electron chi connectivity index (χ4n) is 2.26. The third-order valence-corrected chi connectivity index (χ3v) is 3.79. The molecule has 0 aliphatic rings. The molecule has 1 aromatic carbocycles. The van der Waals surface area contributed by atoms with E-state index >= 15 is 0 Å². The minimum atomic E-state index is -0.878. The van der Waals surface area contributed by atoms with Crippen LogP contribution in [0.25, 0.3) is 0 Å². The number of carboxylic acids is 1. The van der Waals surface area contributed by atoms with Crippen molar-refractivity contribution in [3.63, 3.8) is 0 Å². The summed E-state index contributed by atoms with van der Waals surface area (Å²) in [5.41, 5.74) is 1.41. The van der Waals surface area contributed by atoms with Gasteiger partial charge in [-0.3, -0.25) is 9.59 Å². The Hall–Kier alpha value is -2.08. The van der Waals surface area contributed by atoms with E-state index in [2.05, 4.69) is 21.2 Å². The van der Waals surface area contributed by atoms with E-state index in [-0.39, 0.29) is 18.4 Å². The van der Waals surface area contributed by atoms with E-state index < -0.39 is 5.97 Å². The van der Waals surface area contributed by atoms with Gasteiger partial charge in [0, 0.05) is 24.1 Å². The van der Waals surface area contributed by atoms with Gasteiger partial charge in [-0.1, -0.05) is 30.3 Å². The van der Waals surface area contributed by atoms with Crippen molar-refractivity contribution >= 4 is 27.8 Å². The van der Waals surface area contributed by atoms with Crippen molar-refractivity contribution in [3.05, 3.63) is 58.3 Å². The Balaban J connectivity index is 2.17. The van der Waals surface area contributed by atoms with Crippen molar-refractivity contribution in [1.29, 1.82) is 0 Å². The molecule has 1 unspecified atom stereocenters. The number of benzene rings is 1. The van der Waals surface area contributed by atoms with Gasteiger partial charge in [0.15, 0.2) is 0 Å². The number of nitrogens with one attached hydrogen (secondary N) is 1. The Morgan fingerprint density at radius 1 is 1.32 bits per heavy atom. The number of carboxylic acid groups (broad SMARTS) is 1. The molecule has 2 N–H and O–H groups in total. The molecule has 2 rings (SSSR count). The maximum absolute atomic E-state index is 12.4. The van der Waals surface area contributed by atoms with Crippen LogP contribution in [0.2, 0.25) is 0 Å². The molecule has 1 heterocycles. The minimum absolute atomic E-state index is 0.00330. The zero-order valence-electron chi connectivity index (χ0n) is 12.1. The molecule has 0 spiro atoms. The lowest BCUT2D eigenvalue weighted by Gasteiger charge is -2.18. The highest BCUT2D eigenvalue weighted by molar-refractivity contribution is 9.10. The summed E-state index contributed by atoms with van der Waals surface area (Å²) in [5.74, 6) is -1.11. The van der Waals surface area contributed by atoms with Gasteiger partial charge < -0.3 is 15.0 Å². The molecule has 2 aromatic rings. The number of carbonyl (C=O) groups is 2. The van der Waals surface area contributed by atoms with Gasteiger partial charge in [-0.2, -0.15) is 0 Å². The second-order valence-electron chi connectivity index (χ2n) is 5.02. The number of aryl methyl sites for hydroxylation is 1. The lowest BCUT2D eigenvalue weighted by atomic mass is 10.0. The van der Waals surface area contributed by atoms with Gasteiger partial charge in [0.1, 0.15) is 5.69 Å². The van der Waals surface area contributed by atoms with Crippen LogP contribution in [0.5, 0.6) is 0 Å². The van der Waals surface area contributed by atoms with Crippen LogP contribution in [0, 0.1) is 0 Å². The number of nitrogens with zero attached hydrogens (tertiary/aromatic N) is 1. The van der Waals surface area contributed by atoms with E-state index in [9.17, 15) is 9.59 Å². The topological polar surface area (TPSA) is 71.3 Å². The van der Waals surface area contributed by atoms with Gasteiger partial charge in [-0.25, -0.2) is 0 Å². The Labute approximate surface area is 137 Å². The van der Waals surface area contributed by atoms with Crippen LogP contribution in [-0.4, -0.2) is 21.6 Å². The van der Waals surface area contributed by atoms with Gasteiger partial charge >= 0.3 is 5.97 Å². The van der Waals surface area contributed by atoms with Gasteiger partial charge in [0.2, 0.25) is 0 Å². The molecule has 6 heteroatoms. The molecule has 1 aromatic heterocycles. The van der Waals surface area contributed by atoms with Crippen molar-refractivity contribution < 1.29 is 14.7 Å². The van der Waals surface area contributed by atoms with Crippen LogP contribution in [0.1, 0.15) is 34.9 Å². The quantitative estimate of drug-likeness (QED) is 0.826. The predicted molar refractivity (Wildman–Crippen MR) is 86.6 cm³/mol. The number of aromatic nitrogens is 1. The molecule has 0 aliphatic carbocycles. The number of hydrogen-bond acceptors (Lipinski definition) is 2. The summed E-state index contributed by atoms with van der Waals surface area (Å²) in [5, 5.41) is 11.8. The van der Waals surface area contributed by atoms with E-state index in [1.807, 2.05) is 30.3 Å². The molecule has 0 bridgehead atoms. The molecule has 0 saturated carbocycles. The van der Waals surface area contributed by atoms with E-state index in [0.717, 1.165) is 10.0 Å². The van der Waals surface area contributed by atoms with Crippen LogP contribution in [0.3, 0.4) is 0 Å². The second kappa shape index (κ2) is 7.26. The maximum atomic E-state index is 12.4. The highest BCUT2D eigenvalue weighted by Gasteiger charge is 2.18. The highest BCUT2D eigenvalue weighted by Crippen LogP contribution is 2.20. The Morgan fingerprint density at radius 3 is 2.55 bits per heavy atom. The first-order valence-corrected chi connectivity index (χ1v) is 7.66. The zero-order chi connectivity index (χ0) is 16.1. The number of aliphatic carboxylic acids is 1. The molecule has 0 aliphatic heterocycles. The fourth-order valence-corrected chi connectivity index (χ4v) is 2.78. The standard InChI is InChI=1S/C16H17BrN2O3/c1-19-10-12(17)9-14(19)16(22)18-13(7-8-15(20)21)11-5-3-2-4-6-11/h2-6,9-10,13H,7-8H2,1H3,(H,18,22)(H,20,21). The van der Waals surface area contributed by atoms with Gasteiger partial charge in [-0.05, 0) is 34.0 Å². The number of amides is 1. The molecule has 0 fully saturated rings. The van der Waals surface area contributed by atoms with Crippen molar-refractivity contribution in [2.75, 3.05) is 0 Å². The second-order valence-corrected chi connectivity index (χ2v) is 5.94. The molecule has 1 atom stereocenters. The number of hydrogen-bond donors (Lipinski definition) is 2. The first kappa shape index (κ1) is 16.3. The van der Waals surface area contributed by atoms with E-state index in [0.29, 0.717) is 12.1 Å². The van der Waals surface area contributed by atoms with Gasteiger partial charge in [0.25, 0.3) is 5.91 Å². The molecule has 1 amide bonds. The highest BCUT2D eigenvalue weighted by atomic mass is 79.9. The Kier molecular flexibility index (Phi) is 5.38. The smallest absolute Gasteiger partial charge is 0.303 e. The number of rotatable bonds is 6. The first-order chi connectivity index (χ1) is 10.5. The zero-order valence-corrected chi connectivity index (χ0v) is 13.7. The SMILES string of the molecule is Cn1cc(Br)cc1C(=O)NC(CCC(=O)O)c1ccccc1. The van der Waals surface area contributed by atoms with Gasteiger partial charge in [-0.15, -0.1) is 0 Å². The summed E-state index contributed by atoms with van der Waals surface area (Å²) in [6.45, 7) is 0. The largest absolute Gasteiger partial charge is 0.481 e. The van der Waals surface area contributed by atoms with Crippen molar-refractivity contribution in [2.24, 2.45) is 7.05 Å². The summed E-state index contributed by atoms with van der Waals surface area (Å²) in [6, 6.07) is 10.8. The third-order valence-electron chi connectivity index (χ3n) is 3.36. The van der Waals surface area contributed by atoms with E-state index in [4.69, 9.17) is 5.11 Å². The molecular weight excluding hydrogens is 348 g/mol. The average molecular weight is 365 g/mol. The number of halogens is 1. The molecule has 0 radical (unpaired) electrons. The van der Waals surface area contributed by atoms with Crippen molar-refractivity contribution in [3.8, 4) is 0 Å². The van der Waals surface area contributed by atoms with Crippen molar-refractivity contribution in [2.45, 2.75) is 18.9 Å². The van der Waals surface area contributed by atoms with Crippen LogP contribution in [-0.2, 0) is 11.8 Å². The van der Waals surface area contributed by atoms with Gasteiger partial charge in [0.05, 0.1) is 6.04 Å². The summed E-state index contributed by atoms with van der Waals surface area (Å²) in [6.07, 6.45) is 2.14. The van der Waals surface area contributed by atoms with Crippen molar-refractivity contribution in [1.82, 2.24) is 9.88 Å². The summed E-state index contributed by atoms with van der Waals surface area (Å²) in [7, 11) is 1.79. The molecule has 0 saturated heterocycles. The fraction of sp³-hybridized carbons (Fsp3) is 0.250. The predicted octanol–water partition coefficient (Wildman–Crippen LogP) is 3.12. The number of carbonyl (C=O) groups excluding carboxylic acids is 1. The van der Waals surface area contributed by atoms with E-state index in [1.54, 1.807) is 23.9 Å². The third kappa shape index (κ3) is 4.21. The van der Waals surface area contributed by atoms with Crippen LogP contribution < -0.4 is 5.32 Å². The Morgan fingerprint density at radius 2 is 2.00 bits per heavy atom. The van der Waals surface area contributed by atoms with Crippen LogP contribution in [0.15, 0.2) is 47.1 Å². The normalized spacial score (nSPS) is 11.9. The van der Waals surface area contributed by atoms with E-state index in [1.165, 1.54) is 0 Å². The molecule has 22 heavy (non-hydrogen) atoms. The molecule has 5 nitrogen and oxygen atoms in total. The monoisotopic (exact) mass is 364 g/mol. The Bertz CT molecular complexity index is 667. The van der Waals surface area contributed by atoms with Crippen LogP contribution >= 0.6 is 15.9 Å². The first-order valence-electron chi connectivity index (χ1n) is 6.87. The molecular formula is C16H17BrN2O3.